The molecule has 6 heteroatoms. The van der Waals surface area contributed by atoms with Crippen LogP contribution in [0.2, 0.25) is 0 Å². The number of ether oxygens (including phenoxy) is 3. The molecule has 6 nitrogen and oxygen atoms in total. The van der Waals surface area contributed by atoms with E-state index in [0.29, 0.717) is 24.7 Å². The summed E-state index contributed by atoms with van der Waals surface area (Å²) in [6, 6.07) is 5.54. The van der Waals surface area contributed by atoms with Gasteiger partial charge in [-0.3, -0.25) is 4.79 Å². The van der Waals surface area contributed by atoms with Crippen molar-refractivity contribution in [1.82, 2.24) is 10.6 Å². The van der Waals surface area contributed by atoms with E-state index in [0.717, 1.165) is 18.5 Å². The monoisotopic (exact) mass is 322 g/mol. The first-order valence-electron chi connectivity index (χ1n) is 7.79. The molecule has 0 radical (unpaired) electrons. The molecule has 1 fully saturated rings. The second kappa shape index (κ2) is 7.66. The lowest BCUT2D eigenvalue weighted by Gasteiger charge is -2.28. The predicted octanol–water partition coefficient (Wildman–Crippen LogP) is 1.51. The Morgan fingerprint density at radius 1 is 1.30 bits per heavy atom. The van der Waals surface area contributed by atoms with Crippen LogP contribution in [0.25, 0.3) is 0 Å². The van der Waals surface area contributed by atoms with Gasteiger partial charge in [0.1, 0.15) is 0 Å². The summed E-state index contributed by atoms with van der Waals surface area (Å²) in [4.78, 5) is 12.7. The molecule has 1 aliphatic heterocycles. The van der Waals surface area contributed by atoms with E-state index in [9.17, 15) is 4.79 Å². The number of carbonyl (C=O) groups is 1. The van der Waals surface area contributed by atoms with Crippen LogP contribution in [0, 0.1) is 5.41 Å². The van der Waals surface area contributed by atoms with E-state index in [-0.39, 0.29) is 11.9 Å². The van der Waals surface area contributed by atoms with Gasteiger partial charge < -0.3 is 24.8 Å². The zero-order chi connectivity index (χ0) is 16.9. The molecule has 0 saturated carbocycles. The fourth-order valence-corrected chi connectivity index (χ4v) is 2.96. The van der Waals surface area contributed by atoms with Crippen LogP contribution >= 0.6 is 0 Å². The molecule has 2 atom stereocenters. The molecule has 2 N–H and O–H groups in total. The molecule has 2 rings (SSSR count). The zero-order valence-corrected chi connectivity index (χ0v) is 14.3. The summed E-state index contributed by atoms with van der Waals surface area (Å²) >= 11 is 0. The van der Waals surface area contributed by atoms with Crippen LogP contribution in [0.5, 0.6) is 11.5 Å². The van der Waals surface area contributed by atoms with E-state index < -0.39 is 5.41 Å². The molecule has 2 unspecified atom stereocenters. The van der Waals surface area contributed by atoms with Gasteiger partial charge in [-0.15, -0.1) is 0 Å². The zero-order valence-electron chi connectivity index (χ0n) is 14.3. The molecule has 0 aliphatic carbocycles. The number of rotatable bonds is 7. The van der Waals surface area contributed by atoms with Crippen LogP contribution in [0.15, 0.2) is 18.2 Å². The van der Waals surface area contributed by atoms with Crippen LogP contribution in [0.4, 0.5) is 0 Å². The highest BCUT2D eigenvalue weighted by atomic mass is 16.5. The molecule has 1 aromatic rings. The molecule has 1 aromatic carbocycles. The van der Waals surface area contributed by atoms with Gasteiger partial charge in [-0.05, 0) is 37.6 Å². The molecule has 1 amide bonds. The number of hydrogen-bond acceptors (Lipinski definition) is 5. The number of methoxy groups -OCH3 is 3. The highest BCUT2D eigenvalue weighted by molar-refractivity contribution is 5.84. The average molecular weight is 322 g/mol. The van der Waals surface area contributed by atoms with E-state index in [1.165, 1.54) is 0 Å². The molecule has 128 valence electrons. The summed E-state index contributed by atoms with van der Waals surface area (Å²) in [6.07, 6.45) is 0.783. The Balaban J connectivity index is 2.11. The van der Waals surface area contributed by atoms with Gasteiger partial charge in [0.2, 0.25) is 5.91 Å². The van der Waals surface area contributed by atoms with Gasteiger partial charge in [0, 0.05) is 13.7 Å². The highest BCUT2D eigenvalue weighted by Crippen LogP contribution is 2.31. The summed E-state index contributed by atoms with van der Waals surface area (Å²) in [5, 5.41) is 6.35. The minimum absolute atomic E-state index is 0.0200. The van der Waals surface area contributed by atoms with E-state index in [4.69, 9.17) is 14.2 Å². The van der Waals surface area contributed by atoms with Crippen molar-refractivity contribution in [3.05, 3.63) is 23.8 Å². The summed E-state index contributed by atoms with van der Waals surface area (Å²) in [6.45, 7) is 3.86. The summed E-state index contributed by atoms with van der Waals surface area (Å²) in [5.74, 6) is 1.34. The normalized spacial score (nSPS) is 21.7. The van der Waals surface area contributed by atoms with Gasteiger partial charge in [-0.1, -0.05) is 6.07 Å². The third-order valence-electron chi connectivity index (χ3n) is 4.40. The Hall–Kier alpha value is -1.79. The van der Waals surface area contributed by atoms with Gasteiger partial charge in [0.25, 0.3) is 0 Å². The third kappa shape index (κ3) is 3.76. The first-order valence-corrected chi connectivity index (χ1v) is 7.79. The lowest BCUT2D eigenvalue weighted by atomic mass is 9.86. The van der Waals surface area contributed by atoms with E-state index >= 15 is 0 Å². The van der Waals surface area contributed by atoms with Crippen molar-refractivity contribution in [2.24, 2.45) is 5.41 Å². The molecule has 0 spiro atoms. The van der Waals surface area contributed by atoms with Crippen molar-refractivity contribution >= 4 is 5.91 Å². The van der Waals surface area contributed by atoms with Gasteiger partial charge in [0.15, 0.2) is 11.5 Å². The van der Waals surface area contributed by atoms with Gasteiger partial charge in [-0.25, -0.2) is 0 Å². The maximum absolute atomic E-state index is 12.7. The Kier molecular flexibility index (Phi) is 5.85. The molecule has 1 heterocycles. The maximum atomic E-state index is 12.7. The maximum Gasteiger partial charge on any atom is 0.230 e. The Bertz CT molecular complexity index is 541. The van der Waals surface area contributed by atoms with Gasteiger partial charge in [-0.2, -0.15) is 0 Å². The minimum Gasteiger partial charge on any atom is -0.493 e. The van der Waals surface area contributed by atoms with Gasteiger partial charge >= 0.3 is 0 Å². The van der Waals surface area contributed by atoms with Crippen LogP contribution in [0.1, 0.15) is 24.9 Å². The first kappa shape index (κ1) is 17.6. The molecule has 23 heavy (non-hydrogen) atoms. The minimum atomic E-state index is -0.487. The lowest BCUT2D eigenvalue weighted by Crippen LogP contribution is -2.46. The van der Waals surface area contributed by atoms with Crippen molar-refractivity contribution in [3.63, 3.8) is 0 Å². The molecule has 0 bridgehead atoms. The number of carbonyl (C=O) groups excluding carboxylic acids is 1. The third-order valence-corrected chi connectivity index (χ3v) is 4.40. The van der Waals surface area contributed by atoms with E-state index in [2.05, 4.69) is 10.6 Å². The quantitative estimate of drug-likeness (QED) is 0.796. The van der Waals surface area contributed by atoms with Crippen molar-refractivity contribution in [2.45, 2.75) is 19.4 Å². The van der Waals surface area contributed by atoms with E-state index in [1.54, 1.807) is 21.3 Å². The molecule has 0 aromatic heterocycles. The Morgan fingerprint density at radius 2 is 2.04 bits per heavy atom. The Labute approximate surface area is 137 Å². The summed E-state index contributed by atoms with van der Waals surface area (Å²) < 4.78 is 15.8. The van der Waals surface area contributed by atoms with Crippen LogP contribution < -0.4 is 20.1 Å². The van der Waals surface area contributed by atoms with Crippen molar-refractivity contribution in [1.29, 1.82) is 0 Å². The number of nitrogens with one attached hydrogen (secondary N) is 2. The topological polar surface area (TPSA) is 68.8 Å². The van der Waals surface area contributed by atoms with Crippen molar-refractivity contribution < 1.29 is 19.0 Å². The smallest absolute Gasteiger partial charge is 0.230 e. The lowest BCUT2D eigenvalue weighted by molar-refractivity contribution is -0.133. The van der Waals surface area contributed by atoms with Crippen LogP contribution in [-0.4, -0.2) is 46.9 Å². The molecule has 1 saturated heterocycles. The SMILES string of the molecule is COCC1(C(=O)NC(C)c2ccc(OC)c(OC)c2)CCNC1. The second-order valence-corrected chi connectivity index (χ2v) is 5.95. The highest BCUT2D eigenvalue weighted by Gasteiger charge is 2.41. The number of hydrogen-bond donors (Lipinski definition) is 2. The molecular weight excluding hydrogens is 296 g/mol. The standard InChI is InChI=1S/C17H26N2O4/c1-12(13-5-6-14(22-3)15(9-13)23-4)19-16(20)17(11-21-2)7-8-18-10-17/h5-6,9,12,18H,7-8,10-11H2,1-4H3,(H,19,20). The van der Waals surface area contributed by atoms with E-state index in [1.807, 2.05) is 25.1 Å². The molecular formula is C17H26N2O4. The Morgan fingerprint density at radius 3 is 2.61 bits per heavy atom. The largest absolute Gasteiger partial charge is 0.493 e. The fraction of sp³-hybridized carbons (Fsp3) is 0.588. The van der Waals surface area contributed by atoms with Crippen molar-refractivity contribution in [2.75, 3.05) is 41.0 Å². The average Bonchev–Trinajstić information content (AvgIpc) is 3.04. The van der Waals surface area contributed by atoms with Crippen molar-refractivity contribution in [3.8, 4) is 11.5 Å². The number of benzene rings is 1. The van der Waals surface area contributed by atoms with Crippen LogP contribution in [-0.2, 0) is 9.53 Å². The second-order valence-electron chi connectivity index (χ2n) is 5.95. The predicted molar refractivity (Wildman–Crippen MR) is 87.9 cm³/mol. The fourth-order valence-electron chi connectivity index (χ4n) is 2.96. The summed E-state index contributed by atoms with van der Waals surface area (Å²) in [5.41, 5.74) is 0.481. The molecule has 1 aliphatic rings. The summed E-state index contributed by atoms with van der Waals surface area (Å²) in [7, 11) is 4.83. The van der Waals surface area contributed by atoms with Gasteiger partial charge in [0.05, 0.1) is 32.3 Å². The first-order chi connectivity index (χ1) is 11.1. The van der Waals surface area contributed by atoms with Crippen LogP contribution in [0.3, 0.4) is 0 Å². The number of amides is 1.